The van der Waals surface area contributed by atoms with Crippen molar-refractivity contribution in [3.05, 3.63) is 65.7 Å². The van der Waals surface area contributed by atoms with Crippen LogP contribution in [0.15, 0.2) is 54.6 Å². The molecule has 0 saturated carbocycles. The van der Waals surface area contributed by atoms with E-state index in [1.54, 1.807) is 0 Å². The Kier molecular flexibility index (Phi) is 3.64. The SMILES string of the molecule is N#C[C@]1([C@@H](O)Cc2ccccc2)CCOc2ccccc21. The zero-order valence-electron chi connectivity index (χ0n) is 11.7. The molecule has 1 N–H and O–H groups in total. The first kappa shape index (κ1) is 13.7. The summed E-state index contributed by atoms with van der Waals surface area (Å²) >= 11 is 0. The lowest BCUT2D eigenvalue weighted by Crippen LogP contribution is -2.43. The van der Waals surface area contributed by atoms with Crippen LogP contribution in [0.25, 0.3) is 0 Å². The smallest absolute Gasteiger partial charge is 0.124 e. The van der Waals surface area contributed by atoms with E-state index in [0.29, 0.717) is 25.2 Å². The van der Waals surface area contributed by atoms with Gasteiger partial charge in [0, 0.05) is 18.4 Å². The van der Waals surface area contributed by atoms with Crippen LogP contribution in [-0.2, 0) is 11.8 Å². The standard InChI is InChI=1S/C18H17NO2/c19-13-18(17(20)12-14-6-2-1-3-7-14)10-11-21-16-9-5-4-8-15(16)18/h1-9,17,20H,10-12H2/t17-,18+/m0/s1. The quantitative estimate of drug-likeness (QED) is 0.940. The lowest BCUT2D eigenvalue weighted by Gasteiger charge is -2.36. The van der Waals surface area contributed by atoms with E-state index < -0.39 is 11.5 Å². The Morgan fingerprint density at radius 3 is 2.62 bits per heavy atom. The summed E-state index contributed by atoms with van der Waals surface area (Å²) in [5.41, 5.74) is 0.927. The molecule has 3 nitrogen and oxygen atoms in total. The third-order valence-electron chi connectivity index (χ3n) is 4.16. The predicted molar refractivity (Wildman–Crippen MR) is 80.0 cm³/mol. The van der Waals surface area contributed by atoms with Crippen molar-refractivity contribution < 1.29 is 9.84 Å². The number of aliphatic hydroxyl groups excluding tert-OH is 1. The maximum Gasteiger partial charge on any atom is 0.124 e. The Labute approximate surface area is 124 Å². The maximum atomic E-state index is 10.7. The number of hydrogen-bond acceptors (Lipinski definition) is 3. The van der Waals surface area contributed by atoms with Gasteiger partial charge in [-0.05, 0) is 11.6 Å². The van der Waals surface area contributed by atoms with Crippen molar-refractivity contribution in [1.82, 2.24) is 0 Å². The van der Waals surface area contributed by atoms with Gasteiger partial charge in [-0.25, -0.2) is 0 Å². The molecule has 2 aromatic carbocycles. The molecular weight excluding hydrogens is 262 g/mol. The van der Waals surface area contributed by atoms with Crippen LogP contribution in [0.1, 0.15) is 17.5 Å². The van der Waals surface area contributed by atoms with Crippen LogP contribution >= 0.6 is 0 Å². The number of nitriles is 1. The molecule has 2 atom stereocenters. The molecule has 0 unspecified atom stereocenters. The second kappa shape index (κ2) is 5.59. The fourth-order valence-corrected chi connectivity index (χ4v) is 2.97. The van der Waals surface area contributed by atoms with Gasteiger partial charge < -0.3 is 9.84 Å². The summed E-state index contributed by atoms with van der Waals surface area (Å²) in [6.45, 7) is 0.455. The van der Waals surface area contributed by atoms with E-state index in [9.17, 15) is 10.4 Å². The van der Waals surface area contributed by atoms with Gasteiger partial charge in [-0.1, -0.05) is 48.5 Å². The summed E-state index contributed by atoms with van der Waals surface area (Å²) in [6, 6.07) is 19.6. The van der Waals surface area contributed by atoms with Crippen LogP contribution in [0.2, 0.25) is 0 Å². The molecule has 3 rings (SSSR count). The van der Waals surface area contributed by atoms with E-state index in [2.05, 4.69) is 6.07 Å². The van der Waals surface area contributed by atoms with E-state index in [0.717, 1.165) is 11.1 Å². The van der Waals surface area contributed by atoms with Gasteiger partial charge in [0.05, 0.1) is 18.8 Å². The Balaban J connectivity index is 1.96. The summed E-state index contributed by atoms with van der Waals surface area (Å²) in [7, 11) is 0. The number of rotatable bonds is 3. The average Bonchev–Trinajstić information content (AvgIpc) is 2.55. The van der Waals surface area contributed by atoms with Crippen molar-refractivity contribution in [1.29, 1.82) is 5.26 Å². The van der Waals surface area contributed by atoms with Gasteiger partial charge in [-0.15, -0.1) is 0 Å². The lowest BCUT2D eigenvalue weighted by molar-refractivity contribution is 0.0810. The molecule has 0 aromatic heterocycles. The Bertz CT molecular complexity index is 662. The second-order valence-corrected chi connectivity index (χ2v) is 5.38. The zero-order valence-corrected chi connectivity index (χ0v) is 11.7. The highest BCUT2D eigenvalue weighted by atomic mass is 16.5. The molecule has 21 heavy (non-hydrogen) atoms. The molecular formula is C18H17NO2. The van der Waals surface area contributed by atoms with Crippen molar-refractivity contribution in [2.45, 2.75) is 24.4 Å². The van der Waals surface area contributed by atoms with Crippen LogP contribution in [0, 0.1) is 11.3 Å². The number of para-hydroxylation sites is 1. The largest absolute Gasteiger partial charge is 0.493 e. The van der Waals surface area contributed by atoms with Crippen molar-refractivity contribution in [2.75, 3.05) is 6.61 Å². The first-order chi connectivity index (χ1) is 10.3. The van der Waals surface area contributed by atoms with E-state index in [-0.39, 0.29) is 0 Å². The van der Waals surface area contributed by atoms with Crippen LogP contribution in [0.5, 0.6) is 5.75 Å². The van der Waals surface area contributed by atoms with Gasteiger partial charge in [0.1, 0.15) is 11.2 Å². The molecule has 106 valence electrons. The molecule has 0 aliphatic carbocycles. The predicted octanol–water partition coefficient (Wildman–Crippen LogP) is 2.83. The molecule has 0 spiro atoms. The number of benzene rings is 2. The highest BCUT2D eigenvalue weighted by Gasteiger charge is 2.44. The first-order valence-corrected chi connectivity index (χ1v) is 7.12. The summed E-state index contributed by atoms with van der Waals surface area (Å²) in [5.74, 6) is 0.706. The van der Waals surface area contributed by atoms with Crippen molar-refractivity contribution >= 4 is 0 Å². The van der Waals surface area contributed by atoms with E-state index in [1.165, 1.54) is 0 Å². The number of hydrogen-bond donors (Lipinski definition) is 1. The minimum atomic E-state index is -0.898. The minimum absolute atomic E-state index is 0.455. The van der Waals surface area contributed by atoms with Crippen molar-refractivity contribution in [3.8, 4) is 11.8 Å². The minimum Gasteiger partial charge on any atom is -0.493 e. The van der Waals surface area contributed by atoms with Gasteiger partial charge in [0.15, 0.2) is 0 Å². The summed E-state index contributed by atoms with van der Waals surface area (Å²) in [5, 5.41) is 20.5. The van der Waals surface area contributed by atoms with E-state index in [4.69, 9.17) is 4.74 Å². The lowest BCUT2D eigenvalue weighted by atomic mass is 9.71. The van der Waals surface area contributed by atoms with Gasteiger partial charge in [0.2, 0.25) is 0 Å². The Morgan fingerprint density at radius 1 is 1.14 bits per heavy atom. The normalized spacial score (nSPS) is 21.7. The summed E-state index contributed by atoms with van der Waals surface area (Å²) in [6.07, 6.45) is 0.215. The highest BCUT2D eigenvalue weighted by Crippen LogP contribution is 2.41. The highest BCUT2D eigenvalue weighted by molar-refractivity contribution is 5.47. The van der Waals surface area contributed by atoms with Crippen LogP contribution in [-0.4, -0.2) is 17.8 Å². The van der Waals surface area contributed by atoms with Gasteiger partial charge in [-0.3, -0.25) is 0 Å². The molecule has 0 bridgehead atoms. The van der Waals surface area contributed by atoms with Gasteiger partial charge in [-0.2, -0.15) is 5.26 Å². The fraction of sp³-hybridized carbons (Fsp3) is 0.278. The molecule has 0 fully saturated rings. The average molecular weight is 279 g/mol. The second-order valence-electron chi connectivity index (χ2n) is 5.38. The third kappa shape index (κ3) is 2.39. The number of fused-ring (bicyclic) bond motifs is 1. The monoisotopic (exact) mass is 279 g/mol. The molecule has 1 aliphatic rings. The van der Waals surface area contributed by atoms with Crippen LogP contribution in [0.4, 0.5) is 0 Å². The molecule has 2 aromatic rings. The van der Waals surface area contributed by atoms with Crippen molar-refractivity contribution in [2.24, 2.45) is 0 Å². The van der Waals surface area contributed by atoms with Crippen molar-refractivity contribution in [3.63, 3.8) is 0 Å². The topological polar surface area (TPSA) is 53.2 Å². The molecule has 1 aliphatic heterocycles. The molecule has 0 amide bonds. The van der Waals surface area contributed by atoms with Gasteiger partial charge >= 0.3 is 0 Å². The molecule has 1 heterocycles. The Morgan fingerprint density at radius 2 is 1.86 bits per heavy atom. The van der Waals surface area contributed by atoms with Crippen LogP contribution < -0.4 is 4.74 Å². The zero-order chi connectivity index (χ0) is 14.7. The van der Waals surface area contributed by atoms with Gasteiger partial charge in [0.25, 0.3) is 0 Å². The molecule has 0 radical (unpaired) electrons. The number of ether oxygens (including phenoxy) is 1. The third-order valence-corrected chi connectivity index (χ3v) is 4.16. The summed E-state index contributed by atoms with van der Waals surface area (Å²) < 4.78 is 5.62. The number of nitrogens with zero attached hydrogens (tertiary/aromatic N) is 1. The molecule has 3 heteroatoms. The summed E-state index contributed by atoms with van der Waals surface area (Å²) in [4.78, 5) is 0. The Hall–Kier alpha value is -2.31. The van der Waals surface area contributed by atoms with Crippen LogP contribution in [0.3, 0.4) is 0 Å². The van der Waals surface area contributed by atoms with E-state index in [1.807, 2.05) is 54.6 Å². The molecule has 0 saturated heterocycles. The van der Waals surface area contributed by atoms with E-state index >= 15 is 0 Å². The maximum absolute atomic E-state index is 10.7. The first-order valence-electron chi connectivity index (χ1n) is 7.12. The number of aliphatic hydroxyl groups is 1. The fourth-order valence-electron chi connectivity index (χ4n) is 2.97.